The number of nitrogens with one attached hydrogen (secondary N) is 1. The van der Waals surface area contributed by atoms with Gasteiger partial charge in [-0.1, -0.05) is 22.9 Å². The number of benzene rings is 1. The Morgan fingerprint density at radius 3 is 2.35 bits per heavy atom. The fourth-order valence-electron chi connectivity index (χ4n) is 2.81. The Hall–Kier alpha value is -1.68. The number of hydrogen-bond acceptors (Lipinski definition) is 4. The molecular weight excluding hydrogens is 250 g/mol. The summed E-state index contributed by atoms with van der Waals surface area (Å²) in [5.41, 5.74) is 5.39. The van der Waals surface area contributed by atoms with E-state index in [2.05, 4.69) is 55.3 Å². The molecule has 2 rings (SSSR count). The van der Waals surface area contributed by atoms with Crippen LogP contribution in [0.1, 0.15) is 46.9 Å². The lowest BCUT2D eigenvalue weighted by atomic mass is 9.95. The maximum Gasteiger partial charge on any atom is 0.227 e. The molecule has 4 nitrogen and oxygen atoms in total. The summed E-state index contributed by atoms with van der Waals surface area (Å²) in [5.74, 6) is 1.39. The van der Waals surface area contributed by atoms with Gasteiger partial charge >= 0.3 is 0 Å². The van der Waals surface area contributed by atoms with Gasteiger partial charge in [0, 0.05) is 19.0 Å². The Bertz CT molecular complexity index is 566. The quantitative estimate of drug-likeness (QED) is 0.909. The summed E-state index contributed by atoms with van der Waals surface area (Å²) in [5, 5.41) is 7.33. The minimum absolute atomic E-state index is 0.319. The Morgan fingerprint density at radius 2 is 1.80 bits per heavy atom. The lowest BCUT2D eigenvalue weighted by molar-refractivity contribution is 0.370. The van der Waals surface area contributed by atoms with Gasteiger partial charge in [-0.2, -0.15) is 4.98 Å². The van der Waals surface area contributed by atoms with E-state index in [1.165, 1.54) is 22.3 Å². The number of aryl methyl sites for hydroxylation is 4. The van der Waals surface area contributed by atoms with Crippen molar-refractivity contribution in [3.63, 3.8) is 0 Å². The van der Waals surface area contributed by atoms with Crippen LogP contribution in [0.5, 0.6) is 0 Å². The molecule has 0 amide bonds. The van der Waals surface area contributed by atoms with Gasteiger partial charge in [0.1, 0.15) is 0 Å². The standard InChI is InChI=1S/C16H23N3O/c1-10-8-11(2)16(12(3)9-10)13(4)17-7-6-15-18-14(5)19-20-15/h8-9,13,17H,6-7H2,1-5H3. The summed E-state index contributed by atoms with van der Waals surface area (Å²) >= 11 is 0. The normalized spacial score (nSPS) is 12.7. The van der Waals surface area contributed by atoms with Crippen molar-refractivity contribution in [3.05, 3.63) is 46.1 Å². The van der Waals surface area contributed by atoms with Crippen molar-refractivity contribution in [2.24, 2.45) is 0 Å². The summed E-state index contributed by atoms with van der Waals surface area (Å²) < 4.78 is 5.11. The monoisotopic (exact) mass is 273 g/mol. The molecule has 0 saturated heterocycles. The van der Waals surface area contributed by atoms with Crippen LogP contribution < -0.4 is 5.32 Å². The molecule has 0 radical (unpaired) electrons. The van der Waals surface area contributed by atoms with Crippen molar-refractivity contribution in [2.45, 2.75) is 47.1 Å². The van der Waals surface area contributed by atoms with Gasteiger partial charge in [0.05, 0.1) is 0 Å². The highest BCUT2D eigenvalue weighted by Gasteiger charge is 2.12. The van der Waals surface area contributed by atoms with Crippen molar-refractivity contribution in [1.29, 1.82) is 0 Å². The summed E-state index contributed by atoms with van der Waals surface area (Å²) in [7, 11) is 0. The van der Waals surface area contributed by atoms with Crippen LogP contribution in [0.2, 0.25) is 0 Å². The minimum atomic E-state index is 0.319. The van der Waals surface area contributed by atoms with Crippen molar-refractivity contribution in [3.8, 4) is 0 Å². The van der Waals surface area contributed by atoms with Crippen molar-refractivity contribution in [1.82, 2.24) is 15.5 Å². The second-order valence-electron chi connectivity index (χ2n) is 5.47. The van der Waals surface area contributed by atoms with Crippen LogP contribution in [-0.4, -0.2) is 16.7 Å². The first-order valence-electron chi connectivity index (χ1n) is 7.07. The van der Waals surface area contributed by atoms with Gasteiger partial charge in [0.2, 0.25) is 5.89 Å². The molecule has 0 saturated carbocycles. The SMILES string of the molecule is Cc1cc(C)c(C(C)NCCc2nc(C)no2)c(C)c1. The first-order chi connectivity index (χ1) is 9.47. The Labute approximate surface area is 120 Å². The Balaban J connectivity index is 1.96. The molecule has 4 heteroatoms. The molecule has 1 unspecified atom stereocenters. The molecule has 20 heavy (non-hydrogen) atoms. The molecule has 0 aliphatic heterocycles. The second kappa shape index (κ2) is 6.18. The number of nitrogens with zero attached hydrogens (tertiary/aromatic N) is 2. The van der Waals surface area contributed by atoms with Crippen LogP contribution in [0, 0.1) is 27.7 Å². The molecular formula is C16H23N3O. The maximum atomic E-state index is 5.11. The lowest BCUT2D eigenvalue weighted by Gasteiger charge is -2.19. The summed E-state index contributed by atoms with van der Waals surface area (Å²) in [4.78, 5) is 4.21. The van der Waals surface area contributed by atoms with Crippen LogP contribution in [0.3, 0.4) is 0 Å². The van der Waals surface area contributed by atoms with E-state index in [9.17, 15) is 0 Å². The predicted molar refractivity (Wildman–Crippen MR) is 79.8 cm³/mol. The highest BCUT2D eigenvalue weighted by Crippen LogP contribution is 2.23. The van der Waals surface area contributed by atoms with Crippen molar-refractivity contribution >= 4 is 0 Å². The van der Waals surface area contributed by atoms with Gasteiger partial charge < -0.3 is 9.84 Å². The molecule has 0 spiro atoms. The van der Waals surface area contributed by atoms with Gasteiger partial charge in [-0.25, -0.2) is 0 Å². The van der Waals surface area contributed by atoms with Gasteiger partial charge in [-0.3, -0.25) is 0 Å². The van der Waals surface area contributed by atoms with E-state index in [0.717, 1.165) is 13.0 Å². The van der Waals surface area contributed by atoms with Crippen LogP contribution in [0.25, 0.3) is 0 Å². The van der Waals surface area contributed by atoms with Gasteiger partial charge in [-0.15, -0.1) is 0 Å². The smallest absolute Gasteiger partial charge is 0.227 e. The molecule has 0 fully saturated rings. The Kier molecular flexibility index (Phi) is 4.55. The van der Waals surface area contributed by atoms with E-state index in [1.54, 1.807) is 0 Å². The summed E-state index contributed by atoms with van der Waals surface area (Å²) in [6.07, 6.45) is 0.759. The topological polar surface area (TPSA) is 51.0 Å². The number of rotatable bonds is 5. The van der Waals surface area contributed by atoms with Crippen LogP contribution in [-0.2, 0) is 6.42 Å². The van der Waals surface area contributed by atoms with E-state index in [0.29, 0.717) is 17.8 Å². The molecule has 108 valence electrons. The van der Waals surface area contributed by atoms with Gasteiger partial charge in [0.25, 0.3) is 0 Å². The van der Waals surface area contributed by atoms with E-state index in [4.69, 9.17) is 4.52 Å². The second-order valence-corrected chi connectivity index (χ2v) is 5.47. The molecule has 2 aromatic rings. The highest BCUT2D eigenvalue weighted by molar-refractivity contribution is 5.39. The zero-order chi connectivity index (χ0) is 14.7. The average Bonchev–Trinajstić information content (AvgIpc) is 2.73. The minimum Gasteiger partial charge on any atom is -0.339 e. The van der Waals surface area contributed by atoms with Gasteiger partial charge in [-0.05, 0) is 51.3 Å². The molecule has 0 aliphatic carbocycles. The van der Waals surface area contributed by atoms with Crippen molar-refractivity contribution in [2.75, 3.05) is 6.54 Å². The largest absolute Gasteiger partial charge is 0.339 e. The molecule has 1 aromatic heterocycles. The van der Waals surface area contributed by atoms with E-state index in [1.807, 2.05) is 6.92 Å². The van der Waals surface area contributed by atoms with Gasteiger partial charge in [0.15, 0.2) is 5.82 Å². The molecule has 1 aromatic carbocycles. The molecule has 0 bridgehead atoms. The zero-order valence-corrected chi connectivity index (χ0v) is 12.9. The third-order valence-electron chi connectivity index (χ3n) is 3.53. The average molecular weight is 273 g/mol. The highest BCUT2D eigenvalue weighted by atomic mass is 16.5. The number of aromatic nitrogens is 2. The van der Waals surface area contributed by atoms with E-state index < -0.39 is 0 Å². The molecule has 1 atom stereocenters. The third-order valence-corrected chi connectivity index (χ3v) is 3.53. The van der Waals surface area contributed by atoms with Crippen molar-refractivity contribution < 1.29 is 4.52 Å². The van der Waals surface area contributed by atoms with Crippen LogP contribution in [0.4, 0.5) is 0 Å². The summed E-state index contributed by atoms with van der Waals surface area (Å²) in [6.45, 7) is 11.4. The molecule has 1 heterocycles. The molecule has 1 N–H and O–H groups in total. The first kappa shape index (κ1) is 14.7. The third kappa shape index (κ3) is 3.45. The molecule has 0 aliphatic rings. The first-order valence-corrected chi connectivity index (χ1v) is 7.07. The van der Waals surface area contributed by atoms with Crippen LogP contribution >= 0.6 is 0 Å². The van der Waals surface area contributed by atoms with E-state index in [-0.39, 0.29) is 0 Å². The Morgan fingerprint density at radius 1 is 1.15 bits per heavy atom. The zero-order valence-electron chi connectivity index (χ0n) is 12.9. The maximum absolute atomic E-state index is 5.11. The lowest BCUT2D eigenvalue weighted by Crippen LogP contribution is -2.23. The van der Waals surface area contributed by atoms with E-state index >= 15 is 0 Å². The van der Waals surface area contributed by atoms with Crippen LogP contribution in [0.15, 0.2) is 16.7 Å². The fourth-order valence-corrected chi connectivity index (χ4v) is 2.81. The fraction of sp³-hybridized carbons (Fsp3) is 0.500. The number of hydrogen-bond donors (Lipinski definition) is 1. The summed E-state index contributed by atoms with van der Waals surface area (Å²) in [6, 6.07) is 4.80. The predicted octanol–water partition coefficient (Wildman–Crippen LogP) is 3.20.